The first-order valence-electron chi connectivity index (χ1n) is 6.94. The van der Waals surface area contributed by atoms with Crippen LogP contribution in [0.3, 0.4) is 0 Å². The van der Waals surface area contributed by atoms with Crippen LogP contribution in [0.2, 0.25) is 5.02 Å². The first kappa shape index (κ1) is 15.0. The molecule has 1 heterocycles. The van der Waals surface area contributed by atoms with Crippen LogP contribution in [-0.2, 0) is 0 Å². The first-order valence-corrected chi connectivity index (χ1v) is 8.48. The summed E-state index contributed by atoms with van der Waals surface area (Å²) >= 11 is 8.29. The highest BCUT2D eigenvalue weighted by molar-refractivity contribution is 7.99. The molecule has 2 N–H and O–H groups in total. The quantitative estimate of drug-likeness (QED) is 0.890. The van der Waals surface area contributed by atoms with Crippen molar-refractivity contribution in [2.24, 2.45) is 5.73 Å². The molecule has 2 nitrogen and oxygen atoms in total. The standard InChI is InChI=1S/C15H22ClNOS/c1-11(6-7-17)12-4-5-15(14(16)9-12)18-13-3-2-8-19-10-13/h4-5,9,11,13H,2-3,6-8,10,17H2,1H3. The zero-order valence-electron chi connectivity index (χ0n) is 11.4. The van der Waals surface area contributed by atoms with Gasteiger partial charge in [-0.3, -0.25) is 0 Å². The molecule has 2 unspecified atom stereocenters. The number of benzene rings is 1. The van der Waals surface area contributed by atoms with Crippen LogP contribution in [0.5, 0.6) is 5.75 Å². The predicted molar refractivity (Wildman–Crippen MR) is 84.5 cm³/mol. The van der Waals surface area contributed by atoms with Crippen LogP contribution in [0, 0.1) is 0 Å². The molecule has 2 rings (SSSR count). The van der Waals surface area contributed by atoms with Crippen molar-refractivity contribution in [3.8, 4) is 5.75 Å². The van der Waals surface area contributed by atoms with Crippen molar-refractivity contribution < 1.29 is 4.74 Å². The van der Waals surface area contributed by atoms with Crippen LogP contribution >= 0.6 is 23.4 Å². The fraction of sp³-hybridized carbons (Fsp3) is 0.600. The molecule has 0 radical (unpaired) electrons. The summed E-state index contributed by atoms with van der Waals surface area (Å²) in [5.74, 6) is 3.59. The van der Waals surface area contributed by atoms with Gasteiger partial charge < -0.3 is 10.5 Å². The Morgan fingerprint density at radius 1 is 1.53 bits per heavy atom. The molecule has 1 saturated heterocycles. The molecule has 1 fully saturated rings. The topological polar surface area (TPSA) is 35.2 Å². The molecule has 19 heavy (non-hydrogen) atoms. The van der Waals surface area contributed by atoms with Gasteiger partial charge in [-0.1, -0.05) is 24.6 Å². The minimum atomic E-state index is 0.309. The highest BCUT2D eigenvalue weighted by atomic mass is 35.5. The van der Waals surface area contributed by atoms with E-state index in [2.05, 4.69) is 13.0 Å². The van der Waals surface area contributed by atoms with Gasteiger partial charge in [0, 0.05) is 5.75 Å². The van der Waals surface area contributed by atoms with Gasteiger partial charge in [0.1, 0.15) is 11.9 Å². The lowest BCUT2D eigenvalue weighted by molar-refractivity contribution is 0.211. The van der Waals surface area contributed by atoms with Gasteiger partial charge in [0.25, 0.3) is 0 Å². The normalized spacial score (nSPS) is 21.1. The van der Waals surface area contributed by atoms with Crippen molar-refractivity contribution in [3.63, 3.8) is 0 Å². The molecule has 0 saturated carbocycles. The minimum absolute atomic E-state index is 0.309. The number of nitrogens with two attached hydrogens (primary N) is 1. The Bertz CT molecular complexity index is 407. The van der Waals surface area contributed by atoms with E-state index in [9.17, 15) is 0 Å². The fourth-order valence-electron chi connectivity index (χ4n) is 2.32. The van der Waals surface area contributed by atoms with Crippen molar-refractivity contribution in [3.05, 3.63) is 28.8 Å². The third kappa shape index (κ3) is 4.30. The maximum atomic E-state index is 6.33. The number of hydrogen-bond acceptors (Lipinski definition) is 3. The maximum Gasteiger partial charge on any atom is 0.138 e. The summed E-state index contributed by atoms with van der Waals surface area (Å²) in [4.78, 5) is 0. The van der Waals surface area contributed by atoms with E-state index >= 15 is 0 Å². The number of thioether (sulfide) groups is 1. The van der Waals surface area contributed by atoms with Crippen LogP contribution in [0.1, 0.15) is 37.7 Å². The average Bonchev–Trinajstić information content (AvgIpc) is 2.42. The predicted octanol–water partition coefficient (Wildman–Crippen LogP) is 4.07. The number of halogens is 1. The van der Waals surface area contributed by atoms with Gasteiger partial charge in [0.2, 0.25) is 0 Å². The minimum Gasteiger partial charge on any atom is -0.488 e. The van der Waals surface area contributed by atoms with Crippen LogP contribution in [0.15, 0.2) is 18.2 Å². The SMILES string of the molecule is CC(CCN)c1ccc(OC2CCCSC2)c(Cl)c1. The second-order valence-electron chi connectivity index (χ2n) is 5.13. The van der Waals surface area contributed by atoms with Crippen molar-refractivity contribution in [2.75, 3.05) is 18.1 Å². The summed E-state index contributed by atoms with van der Waals surface area (Å²) in [6.45, 7) is 2.88. The summed E-state index contributed by atoms with van der Waals surface area (Å²) in [7, 11) is 0. The van der Waals surface area contributed by atoms with Crippen molar-refractivity contribution in [2.45, 2.75) is 38.2 Å². The molecular formula is C15H22ClNOS. The lowest BCUT2D eigenvalue weighted by atomic mass is 9.98. The van der Waals surface area contributed by atoms with Gasteiger partial charge in [-0.25, -0.2) is 0 Å². The molecule has 1 aromatic carbocycles. The molecule has 0 amide bonds. The molecule has 106 valence electrons. The van der Waals surface area contributed by atoms with Crippen molar-refractivity contribution in [1.82, 2.24) is 0 Å². The van der Waals surface area contributed by atoms with Crippen molar-refractivity contribution in [1.29, 1.82) is 0 Å². The maximum absolute atomic E-state index is 6.33. The number of ether oxygens (including phenoxy) is 1. The second-order valence-corrected chi connectivity index (χ2v) is 6.68. The van der Waals surface area contributed by atoms with Gasteiger partial charge in [-0.15, -0.1) is 0 Å². The molecule has 0 spiro atoms. The van der Waals surface area contributed by atoms with Gasteiger partial charge in [-0.05, 0) is 55.2 Å². The lowest BCUT2D eigenvalue weighted by Gasteiger charge is -2.23. The zero-order chi connectivity index (χ0) is 13.7. The Morgan fingerprint density at radius 2 is 2.37 bits per heavy atom. The highest BCUT2D eigenvalue weighted by Crippen LogP contribution is 2.32. The Hall–Kier alpha value is -0.380. The molecule has 1 aromatic rings. The highest BCUT2D eigenvalue weighted by Gasteiger charge is 2.17. The molecule has 0 aliphatic carbocycles. The van der Waals surface area contributed by atoms with Gasteiger partial charge in [0.05, 0.1) is 5.02 Å². The Balaban J connectivity index is 2.01. The summed E-state index contributed by atoms with van der Waals surface area (Å²) < 4.78 is 6.00. The molecule has 2 atom stereocenters. The molecule has 0 bridgehead atoms. The van der Waals surface area contributed by atoms with Gasteiger partial charge in [-0.2, -0.15) is 11.8 Å². The molecule has 1 aliphatic heterocycles. The monoisotopic (exact) mass is 299 g/mol. The summed E-state index contributed by atoms with van der Waals surface area (Å²) in [5.41, 5.74) is 6.84. The summed E-state index contributed by atoms with van der Waals surface area (Å²) in [6, 6.07) is 6.13. The van der Waals surface area contributed by atoms with E-state index < -0.39 is 0 Å². The number of rotatable bonds is 5. The van der Waals surface area contributed by atoms with Crippen molar-refractivity contribution >= 4 is 23.4 Å². The number of hydrogen-bond donors (Lipinski definition) is 1. The van der Waals surface area contributed by atoms with Crippen LogP contribution in [-0.4, -0.2) is 24.2 Å². The van der Waals surface area contributed by atoms with Gasteiger partial charge >= 0.3 is 0 Å². The van der Waals surface area contributed by atoms with Gasteiger partial charge in [0.15, 0.2) is 0 Å². The van der Waals surface area contributed by atoms with E-state index in [-0.39, 0.29) is 0 Å². The van der Waals surface area contributed by atoms with E-state index in [4.69, 9.17) is 22.1 Å². The Morgan fingerprint density at radius 3 is 3.00 bits per heavy atom. The van der Waals surface area contributed by atoms with E-state index in [1.165, 1.54) is 17.7 Å². The molecule has 1 aliphatic rings. The molecule has 0 aromatic heterocycles. The molecular weight excluding hydrogens is 278 g/mol. The Kier molecular flexibility index (Phi) is 5.86. The lowest BCUT2D eigenvalue weighted by Crippen LogP contribution is -2.23. The van der Waals surface area contributed by atoms with E-state index in [1.54, 1.807) is 0 Å². The first-order chi connectivity index (χ1) is 9.20. The van der Waals surface area contributed by atoms with Crippen LogP contribution < -0.4 is 10.5 Å². The second kappa shape index (κ2) is 7.41. The van der Waals surface area contributed by atoms with Crippen LogP contribution in [0.4, 0.5) is 0 Å². The fourth-order valence-corrected chi connectivity index (χ4v) is 3.59. The Labute approximate surface area is 125 Å². The van der Waals surface area contributed by atoms with E-state index in [0.717, 1.165) is 29.4 Å². The zero-order valence-corrected chi connectivity index (χ0v) is 13.0. The third-order valence-corrected chi connectivity index (χ3v) is 5.02. The molecule has 4 heteroatoms. The van der Waals surface area contributed by atoms with Crippen LogP contribution in [0.25, 0.3) is 0 Å². The smallest absolute Gasteiger partial charge is 0.138 e. The van der Waals surface area contributed by atoms with E-state index in [0.29, 0.717) is 18.6 Å². The average molecular weight is 300 g/mol. The summed E-state index contributed by atoms with van der Waals surface area (Å²) in [6.07, 6.45) is 3.66. The van der Waals surface area contributed by atoms with E-state index in [1.807, 2.05) is 23.9 Å². The third-order valence-electron chi connectivity index (χ3n) is 3.54. The summed E-state index contributed by atoms with van der Waals surface area (Å²) in [5, 5.41) is 0.719. The largest absolute Gasteiger partial charge is 0.488 e.